The molecule has 4 heteroatoms. The second-order valence-electron chi connectivity index (χ2n) is 5.73. The fourth-order valence-corrected chi connectivity index (χ4v) is 3.17. The number of rotatable bonds is 1. The molecule has 1 spiro atoms. The van der Waals surface area contributed by atoms with E-state index >= 15 is 0 Å². The summed E-state index contributed by atoms with van der Waals surface area (Å²) in [6.45, 7) is 5.42. The molecule has 1 N–H and O–H groups in total. The number of anilines is 1. The number of halogens is 1. The molecule has 0 bridgehead atoms. The predicted molar refractivity (Wildman–Crippen MR) is 74.0 cm³/mol. The second kappa shape index (κ2) is 5.47. The van der Waals surface area contributed by atoms with Crippen molar-refractivity contribution in [1.82, 2.24) is 5.32 Å². The molecule has 2 heterocycles. The van der Waals surface area contributed by atoms with Crippen LogP contribution in [0.3, 0.4) is 0 Å². The van der Waals surface area contributed by atoms with Crippen LogP contribution in [0.5, 0.6) is 0 Å². The Labute approximate surface area is 113 Å². The number of benzene rings is 1. The molecule has 0 aromatic heterocycles. The average Bonchev–Trinajstić information content (AvgIpc) is 2.63. The van der Waals surface area contributed by atoms with Crippen LogP contribution in [-0.2, 0) is 4.74 Å². The zero-order valence-electron chi connectivity index (χ0n) is 11.2. The first-order valence-electron chi connectivity index (χ1n) is 7.07. The van der Waals surface area contributed by atoms with Crippen molar-refractivity contribution in [3.05, 3.63) is 30.1 Å². The van der Waals surface area contributed by atoms with Gasteiger partial charge in [-0.05, 0) is 37.6 Å². The Hall–Kier alpha value is -1.13. The van der Waals surface area contributed by atoms with E-state index in [0.29, 0.717) is 0 Å². The summed E-state index contributed by atoms with van der Waals surface area (Å²) >= 11 is 0. The summed E-state index contributed by atoms with van der Waals surface area (Å²) in [6, 6.07) is 6.88. The molecule has 2 aliphatic rings. The number of hydrogen-bond acceptors (Lipinski definition) is 3. The fourth-order valence-electron chi connectivity index (χ4n) is 3.17. The van der Waals surface area contributed by atoms with E-state index in [-0.39, 0.29) is 11.2 Å². The van der Waals surface area contributed by atoms with Crippen LogP contribution in [0.15, 0.2) is 24.3 Å². The van der Waals surface area contributed by atoms with E-state index in [1.165, 1.54) is 18.9 Å². The lowest BCUT2D eigenvalue weighted by atomic mass is 9.81. The van der Waals surface area contributed by atoms with Crippen LogP contribution >= 0.6 is 0 Å². The van der Waals surface area contributed by atoms with Crippen molar-refractivity contribution in [3.63, 3.8) is 0 Å². The van der Waals surface area contributed by atoms with Gasteiger partial charge in [0.15, 0.2) is 0 Å². The van der Waals surface area contributed by atoms with Gasteiger partial charge in [0, 0.05) is 30.7 Å². The normalized spacial score (nSPS) is 28.4. The third kappa shape index (κ3) is 2.90. The topological polar surface area (TPSA) is 24.5 Å². The molecular weight excluding hydrogens is 243 g/mol. The fraction of sp³-hybridized carbons (Fsp3) is 0.600. The molecule has 3 rings (SSSR count). The highest BCUT2D eigenvalue weighted by molar-refractivity contribution is 5.47. The Morgan fingerprint density at radius 2 is 2.32 bits per heavy atom. The summed E-state index contributed by atoms with van der Waals surface area (Å²) < 4.78 is 19.2. The minimum Gasteiger partial charge on any atom is -0.379 e. The lowest BCUT2D eigenvalue weighted by Crippen LogP contribution is -2.48. The smallest absolute Gasteiger partial charge is 0.125 e. The Morgan fingerprint density at radius 3 is 3.11 bits per heavy atom. The first-order valence-corrected chi connectivity index (χ1v) is 7.07. The molecule has 104 valence electrons. The SMILES string of the molecule is Fc1cccc(N2CCOCC3(CCCNC3)C2)c1. The van der Waals surface area contributed by atoms with Crippen LogP contribution in [0.2, 0.25) is 0 Å². The maximum Gasteiger partial charge on any atom is 0.125 e. The van der Waals surface area contributed by atoms with Gasteiger partial charge in [-0.15, -0.1) is 0 Å². The maximum atomic E-state index is 13.4. The van der Waals surface area contributed by atoms with Crippen molar-refractivity contribution in [2.24, 2.45) is 5.41 Å². The summed E-state index contributed by atoms with van der Waals surface area (Å²) in [4.78, 5) is 2.27. The van der Waals surface area contributed by atoms with E-state index in [9.17, 15) is 4.39 Å². The minimum absolute atomic E-state index is 0.168. The van der Waals surface area contributed by atoms with Gasteiger partial charge in [0.2, 0.25) is 0 Å². The van der Waals surface area contributed by atoms with Gasteiger partial charge in [0.25, 0.3) is 0 Å². The minimum atomic E-state index is -0.168. The highest BCUT2D eigenvalue weighted by atomic mass is 19.1. The highest BCUT2D eigenvalue weighted by Gasteiger charge is 2.36. The molecule has 1 atom stereocenters. The monoisotopic (exact) mass is 264 g/mol. The summed E-state index contributed by atoms with van der Waals surface area (Å²) in [7, 11) is 0. The van der Waals surface area contributed by atoms with E-state index < -0.39 is 0 Å². The number of nitrogens with one attached hydrogen (secondary N) is 1. The zero-order valence-corrected chi connectivity index (χ0v) is 11.2. The molecule has 1 unspecified atom stereocenters. The number of piperidine rings is 1. The van der Waals surface area contributed by atoms with Crippen molar-refractivity contribution in [3.8, 4) is 0 Å². The molecule has 1 aromatic carbocycles. The predicted octanol–water partition coefficient (Wildman–Crippen LogP) is 2.03. The summed E-state index contributed by atoms with van der Waals surface area (Å²) in [5, 5.41) is 3.48. The Morgan fingerprint density at radius 1 is 1.37 bits per heavy atom. The summed E-state index contributed by atoms with van der Waals surface area (Å²) in [5.74, 6) is -0.168. The van der Waals surface area contributed by atoms with Gasteiger partial charge in [0.1, 0.15) is 5.82 Å². The highest BCUT2D eigenvalue weighted by Crippen LogP contribution is 2.31. The molecule has 0 saturated carbocycles. The average molecular weight is 264 g/mol. The number of nitrogens with zero attached hydrogens (tertiary/aromatic N) is 1. The Bertz CT molecular complexity index is 432. The van der Waals surface area contributed by atoms with Crippen LogP contribution in [-0.4, -0.2) is 39.4 Å². The van der Waals surface area contributed by atoms with Crippen molar-refractivity contribution in [2.75, 3.05) is 44.3 Å². The molecule has 0 amide bonds. The van der Waals surface area contributed by atoms with Gasteiger partial charge in [-0.3, -0.25) is 0 Å². The van der Waals surface area contributed by atoms with Crippen molar-refractivity contribution >= 4 is 5.69 Å². The second-order valence-corrected chi connectivity index (χ2v) is 5.73. The van der Waals surface area contributed by atoms with Crippen molar-refractivity contribution in [1.29, 1.82) is 0 Å². The molecule has 0 aliphatic carbocycles. The lowest BCUT2D eigenvalue weighted by Gasteiger charge is -2.39. The third-order valence-corrected chi connectivity index (χ3v) is 4.17. The summed E-state index contributed by atoms with van der Waals surface area (Å²) in [5.41, 5.74) is 1.15. The molecule has 2 fully saturated rings. The van der Waals surface area contributed by atoms with Crippen LogP contribution in [0.1, 0.15) is 12.8 Å². The third-order valence-electron chi connectivity index (χ3n) is 4.17. The van der Waals surface area contributed by atoms with Crippen molar-refractivity contribution in [2.45, 2.75) is 12.8 Å². The molecule has 1 aromatic rings. The molecular formula is C15H21FN2O. The number of hydrogen-bond donors (Lipinski definition) is 1. The largest absolute Gasteiger partial charge is 0.379 e. The zero-order chi connectivity index (χ0) is 13.1. The van der Waals surface area contributed by atoms with Crippen LogP contribution in [0, 0.1) is 11.2 Å². The van der Waals surface area contributed by atoms with Crippen LogP contribution < -0.4 is 10.2 Å². The van der Waals surface area contributed by atoms with Gasteiger partial charge in [-0.25, -0.2) is 4.39 Å². The molecule has 0 radical (unpaired) electrons. The van der Waals surface area contributed by atoms with Gasteiger partial charge >= 0.3 is 0 Å². The van der Waals surface area contributed by atoms with E-state index in [0.717, 1.165) is 45.1 Å². The van der Waals surface area contributed by atoms with Gasteiger partial charge in [-0.2, -0.15) is 0 Å². The Balaban J connectivity index is 1.81. The van der Waals surface area contributed by atoms with Gasteiger partial charge < -0.3 is 15.0 Å². The van der Waals surface area contributed by atoms with E-state index in [4.69, 9.17) is 4.74 Å². The van der Waals surface area contributed by atoms with Crippen LogP contribution in [0.25, 0.3) is 0 Å². The van der Waals surface area contributed by atoms with Gasteiger partial charge in [0.05, 0.1) is 13.2 Å². The molecule has 2 saturated heterocycles. The lowest BCUT2D eigenvalue weighted by molar-refractivity contribution is 0.0536. The van der Waals surface area contributed by atoms with E-state index in [2.05, 4.69) is 10.2 Å². The van der Waals surface area contributed by atoms with Crippen LogP contribution in [0.4, 0.5) is 10.1 Å². The summed E-state index contributed by atoms with van der Waals surface area (Å²) in [6.07, 6.45) is 2.38. The molecule has 2 aliphatic heterocycles. The molecule has 19 heavy (non-hydrogen) atoms. The van der Waals surface area contributed by atoms with Crippen molar-refractivity contribution < 1.29 is 9.13 Å². The first kappa shape index (κ1) is 12.9. The standard InChI is InChI=1S/C15H21FN2O/c16-13-3-1-4-14(9-13)18-7-8-19-12-15(11-18)5-2-6-17-10-15/h1,3-4,9,17H,2,5-8,10-12H2. The van der Waals surface area contributed by atoms with Gasteiger partial charge in [-0.1, -0.05) is 6.07 Å². The maximum absolute atomic E-state index is 13.4. The molecule has 3 nitrogen and oxygen atoms in total. The van der Waals surface area contributed by atoms with E-state index in [1.807, 2.05) is 6.07 Å². The quantitative estimate of drug-likeness (QED) is 0.840. The Kier molecular flexibility index (Phi) is 3.71. The first-order chi connectivity index (χ1) is 9.27. The van der Waals surface area contributed by atoms with E-state index in [1.54, 1.807) is 12.1 Å². The number of ether oxygens (including phenoxy) is 1.